The van der Waals surface area contributed by atoms with E-state index in [0.717, 1.165) is 24.2 Å². The number of benzene rings is 1. The SMILES string of the molecule is CCCN1C(=O)C2(c3ccccc31)N1CC3(C)CN2CC(C)(C1)C3=O. The predicted octanol–water partition coefficient (Wildman–Crippen LogP) is 1.82. The van der Waals surface area contributed by atoms with Crippen LogP contribution < -0.4 is 4.90 Å². The zero-order chi connectivity index (χ0) is 17.6. The van der Waals surface area contributed by atoms with E-state index in [9.17, 15) is 9.59 Å². The second kappa shape index (κ2) is 4.51. The Morgan fingerprint density at radius 2 is 1.52 bits per heavy atom. The van der Waals surface area contributed by atoms with Crippen molar-refractivity contribution in [2.75, 3.05) is 37.6 Å². The van der Waals surface area contributed by atoms with Crippen molar-refractivity contribution in [3.63, 3.8) is 0 Å². The monoisotopic (exact) mass is 339 g/mol. The van der Waals surface area contributed by atoms with Gasteiger partial charge in [0.15, 0.2) is 5.66 Å². The second-order valence-corrected chi connectivity index (χ2v) is 8.81. The third-order valence-corrected chi connectivity index (χ3v) is 6.73. The number of amides is 1. The molecule has 6 rings (SSSR count). The normalized spacial score (nSPS) is 44.0. The number of carbonyl (C=O) groups excluding carboxylic acids is 2. The zero-order valence-electron chi connectivity index (χ0n) is 15.2. The lowest BCUT2D eigenvalue weighted by Crippen LogP contribution is -2.83. The molecule has 0 aromatic heterocycles. The van der Waals surface area contributed by atoms with Gasteiger partial charge < -0.3 is 4.90 Å². The molecule has 4 bridgehead atoms. The molecule has 25 heavy (non-hydrogen) atoms. The van der Waals surface area contributed by atoms with E-state index in [4.69, 9.17) is 0 Å². The van der Waals surface area contributed by atoms with Gasteiger partial charge in [-0.1, -0.05) is 39.0 Å². The lowest BCUT2D eigenvalue weighted by atomic mass is 9.60. The van der Waals surface area contributed by atoms with Crippen molar-refractivity contribution in [1.82, 2.24) is 9.80 Å². The highest BCUT2D eigenvalue weighted by Gasteiger charge is 2.72. The number of ketones is 1. The van der Waals surface area contributed by atoms with Crippen LogP contribution in [0.5, 0.6) is 0 Å². The molecule has 5 heterocycles. The minimum absolute atomic E-state index is 0.175. The standard InChI is InChI=1S/C20H25N3O2/c1-4-9-23-15-8-6-5-7-14(15)20(17(23)25)21-10-18(2)11-22(20)13-19(3,12-21)16(18)24/h5-8H,4,9-13H2,1-3H3. The first kappa shape index (κ1) is 15.5. The Morgan fingerprint density at radius 1 is 0.960 bits per heavy atom. The van der Waals surface area contributed by atoms with Crippen LogP contribution in [-0.4, -0.2) is 54.2 Å². The number of Topliss-reactive ketones (excluding diaryl/α,β-unsaturated/α-hetero) is 1. The van der Waals surface area contributed by atoms with E-state index >= 15 is 0 Å². The third-order valence-electron chi connectivity index (χ3n) is 6.73. The first-order valence-electron chi connectivity index (χ1n) is 9.33. The Labute approximate surface area is 148 Å². The van der Waals surface area contributed by atoms with E-state index in [1.54, 1.807) is 0 Å². The Kier molecular flexibility index (Phi) is 2.80. The van der Waals surface area contributed by atoms with Crippen LogP contribution in [0.1, 0.15) is 32.8 Å². The molecular formula is C20H25N3O2. The smallest absolute Gasteiger partial charge is 0.267 e. The van der Waals surface area contributed by atoms with Gasteiger partial charge in [0.1, 0.15) is 5.78 Å². The van der Waals surface area contributed by atoms with Crippen LogP contribution in [0, 0.1) is 10.8 Å². The summed E-state index contributed by atoms with van der Waals surface area (Å²) < 4.78 is 0. The highest BCUT2D eigenvalue weighted by molar-refractivity contribution is 6.08. The Hall–Kier alpha value is -1.72. The lowest BCUT2D eigenvalue weighted by Gasteiger charge is -2.68. The summed E-state index contributed by atoms with van der Waals surface area (Å²) in [4.78, 5) is 33.2. The van der Waals surface area contributed by atoms with Crippen molar-refractivity contribution in [2.45, 2.75) is 32.9 Å². The summed E-state index contributed by atoms with van der Waals surface area (Å²) in [6.45, 7) is 9.72. The lowest BCUT2D eigenvalue weighted by molar-refractivity contribution is -0.228. The van der Waals surface area contributed by atoms with Crippen LogP contribution >= 0.6 is 0 Å². The number of hydrogen-bond donors (Lipinski definition) is 0. The molecule has 5 nitrogen and oxygen atoms in total. The number of fused-ring (bicyclic) bond motifs is 1. The summed E-state index contributed by atoms with van der Waals surface area (Å²) in [5, 5.41) is 0. The highest BCUT2D eigenvalue weighted by atomic mass is 16.2. The van der Waals surface area contributed by atoms with Gasteiger partial charge in [-0.25, -0.2) is 0 Å². The number of piperidine rings is 2. The van der Waals surface area contributed by atoms with E-state index in [2.05, 4.69) is 42.7 Å². The molecule has 4 fully saturated rings. The van der Waals surface area contributed by atoms with Gasteiger partial charge in [-0.05, 0) is 12.5 Å². The maximum Gasteiger partial charge on any atom is 0.267 e. The zero-order valence-corrected chi connectivity index (χ0v) is 15.2. The number of nitrogens with zero attached hydrogens (tertiary/aromatic N) is 3. The molecule has 0 unspecified atom stereocenters. The Balaban J connectivity index is 1.71. The number of rotatable bonds is 2. The van der Waals surface area contributed by atoms with E-state index < -0.39 is 5.66 Å². The maximum absolute atomic E-state index is 13.7. The number of hydrogen-bond acceptors (Lipinski definition) is 4. The quantitative estimate of drug-likeness (QED) is 0.824. The van der Waals surface area contributed by atoms with Crippen molar-refractivity contribution in [3.8, 4) is 0 Å². The fraction of sp³-hybridized carbons (Fsp3) is 0.600. The van der Waals surface area contributed by atoms with Gasteiger partial charge in [0.05, 0.1) is 16.5 Å². The molecule has 1 spiro atoms. The van der Waals surface area contributed by atoms with E-state index in [-0.39, 0.29) is 16.7 Å². The van der Waals surface area contributed by atoms with Crippen molar-refractivity contribution in [1.29, 1.82) is 0 Å². The Bertz CT molecular complexity index is 762. The summed E-state index contributed by atoms with van der Waals surface area (Å²) in [6.07, 6.45) is 0.935. The highest BCUT2D eigenvalue weighted by Crippen LogP contribution is 2.58. The van der Waals surface area contributed by atoms with E-state index in [1.165, 1.54) is 0 Å². The third kappa shape index (κ3) is 1.57. The van der Waals surface area contributed by atoms with Crippen LogP contribution in [0.15, 0.2) is 24.3 Å². The fourth-order valence-corrected chi connectivity index (χ4v) is 6.04. The average Bonchev–Trinajstić information content (AvgIpc) is 2.80. The number of anilines is 1. The first-order chi connectivity index (χ1) is 11.9. The minimum atomic E-state index is -0.703. The molecular weight excluding hydrogens is 314 g/mol. The summed E-state index contributed by atoms with van der Waals surface area (Å²) in [6, 6.07) is 8.23. The molecule has 5 aliphatic heterocycles. The minimum Gasteiger partial charge on any atom is -0.309 e. The van der Waals surface area contributed by atoms with Gasteiger partial charge >= 0.3 is 0 Å². The van der Waals surface area contributed by atoms with Gasteiger partial charge in [0.2, 0.25) is 0 Å². The summed E-state index contributed by atoms with van der Waals surface area (Å²) >= 11 is 0. The summed E-state index contributed by atoms with van der Waals surface area (Å²) in [7, 11) is 0. The average molecular weight is 339 g/mol. The van der Waals surface area contributed by atoms with Crippen LogP contribution in [0.25, 0.3) is 0 Å². The molecule has 0 atom stereocenters. The first-order valence-corrected chi connectivity index (χ1v) is 9.33. The number of carbonyl (C=O) groups is 2. The molecule has 5 heteroatoms. The van der Waals surface area contributed by atoms with Crippen molar-refractivity contribution in [3.05, 3.63) is 29.8 Å². The van der Waals surface area contributed by atoms with Gasteiger partial charge in [-0.3, -0.25) is 19.4 Å². The molecule has 1 aromatic rings. The maximum atomic E-state index is 13.7. The van der Waals surface area contributed by atoms with E-state index in [0.29, 0.717) is 32.0 Å². The van der Waals surface area contributed by atoms with Crippen molar-refractivity contribution >= 4 is 17.4 Å². The molecule has 132 valence electrons. The van der Waals surface area contributed by atoms with Crippen molar-refractivity contribution < 1.29 is 9.59 Å². The largest absolute Gasteiger partial charge is 0.309 e. The van der Waals surface area contributed by atoms with Gasteiger partial charge in [-0.2, -0.15) is 0 Å². The van der Waals surface area contributed by atoms with Gasteiger partial charge in [-0.15, -0.1) is 0 Å². The summed E-state index contributed by atoms with van der Waals surface area (Å²) in [5.41, 5.74) is 0.731. The number of para-hydroxylation sites is 1. The van der Waals surface area contributed by atoms with Crippen LogP contribution in [0.4, 0.5) is 5.69 Å². The molecule has 1 amide bonds. The second-order valence-electron chi connectivity index (χ2n) is 8.81. The molecule has 0 N–H and O–H groups in total. The van der Waals surface area contributed by atoms with Crippen LogP contribution in [0.2, 0.25) is 0 Å². The molecule has 0 aliphatic carbocycles. The van der Waals surface area contributed by atoms with Gasteiger partial charge in [0.25, 0.3) is 5.91 Å². The van der Waals surface area contributed by atoms with Crippen LogP contribution in [-0.2, 0) is 15.3 Å². The summed E-state index contributed by atoms with van der Waals surface area (Å²) in [5.74, 6) is 0.556. The topological polar surface area (TPSA) is 43.9 Å². The van der Waals surface area contributed by atoms with Gasteiger partial charge in [0, 0.05) is 38.3 Å². The molecule has 1 aromatic carbocycles. The molecule has 0 radical (unpaired) electrons. The Morgan fingerprint density at radius 3 is 2.08 bits per heavy atom. The predicted molar refractivity (Wildman–Crippen MR) is 95.1 cm³/mol. The molecule has 0 saturated carbocycles. The molecule has 4 saturated heterocycles. The van der Waals surface area contributed by atoms with Crippen molar-refractivity contribution in [2.24, 2.45) is 10.8 Å². The molecule has 5 aliphatic rings. The van der Waals surface area contributed by atoms with E-state index in [1.807, 2.05) is 17.0 Å². The van der Waals surface area contributed by atoms with Crippen LogP contribution in [0.3, 0.4) is 0 Å². The fourth-order valence-electron chi connectivity index (χ4n) is 6.04.